The zero-order chi connectivity index (χ0) is 14.9. The number of nitrogens with one attached hydrogen (secondary N) is 1. The van der Waals surface area contributed by atoms with E-state index in [4.69, 9.17) is 4.74 Å². The zero-order valence-electron chi connectivity index (χ0n) is 12.5. The normalized spacial score (nSPS) is 10.8. The number of aromatic nitrogens is 4. The highest BCUT2D eigenvalue weighted by molar-refractivity contribution is 7.99. The van der Waals surface area contributed by atoms with Crippen LogP contribution in [-0.2, 0) is 13.6 Å². The predicted molar refractivity (Wildman–Crippen MR) is 83.5 cm³/mol. The lowest BCUT2D eigenvalue weighted by atomic mass is 10.2. The lowest BCUT2D eigenvalue weighted by Gasteiger charge is -2.06. The van der Waals surface area contributed by atoms with Crippen LogP contribution in [0.25, 0.3) is 0 Å². The van der Waals surface area contributed by atoms with Gasteiger partial charge in [0.1, 0.15) is 5.75 Å². The Hall–Kier alpha value is -1.60. The van der Waals surface area contributed by atoms with Crippen molar-refractivity contribution in [3.05, 3.63) is 29.8 Å². The van der Waals surface area contributed by atoms with Crippen LogP contribution in [0.4, 0.5) is 0 Å². The van der Waals surface area contributed by atoms with Crippen LogP contribution in [0.1, 0.15) is 18.9 Å². The quantitative estimate of drug-likeness (QED) is 0.564. The minimum Gasteiger partial charge on any atom is -0.494 e. The summed E-state index contributed by atoms with van der Waals surface area (Å²) >= 11 is 1.68. The monoisotopic (exact) mass is 307 g/mol. The van der Waals surface area contributed by atoms with Gasteiger partial charge < -0.3 is 10.1 Å². The molecule has 0 bridgehead atoms. The second-order valence-electron chi connectivity index (χ2n) is 4.54. The van der Waals surface area contributed by atoms with E-state index >= 15 is 0 Å². The molecule has 0 fully saturated rings. The van der Waals surface area contributed by atoms with Crippen molar-refractivity contribution in [2.45, 2.75) is 25.0 Å². The van der Waals surface area contributed by atoms with Gasteiger partial charge >= 0.3 is 0 Å². The molecule has 0 atom stereocenters. The number of aryl methyl sites for hydroxylation is 1. The molecule has 0 amide bonds. The summed E-state index contributed by atoms with van der Waals surface area (Å²) in [5.41, 5.74) is 1.27. The van der Waals surface area contributed by atoms with Gasteiger partial charge in [0.25, 0.3) is 0 Å². The van der Waals surface area contributed by atoms with E-state index in [2.05, 4.69) is 33.0 Å². The van der Waals surface area contributed by atoms with Gasteiger partial charge in [0.2, 0.25) is 5.16 Å². The van der Waals surface area contributed by atoms with Gasteiger partial charge in [0, 0.05) is 19.3 Å². The van der Waals surface area contributed by atoms with E-state index in [0.29, 0.717) is 6.61 Å². The van der Waals surface area contributed by atoms with Crippen molar-refractivity contribution in [3.63, 3.8) is 0 Å². The van der Waals surface area contributed by atoms with Crippen molar-refractivity contribution in [1.82, 2.24) is 25.5 Å². The number of hydrogen-bond donors (Lipinski definition) is 1. The van der Waals surface area contributed by atoms with E-state index in [-0.39, 0.29) is 0 Å². The molecule has 0 aliphatic carbocycles. The van der Waals surface area contributed by atoms with Gasteiger partial charge in [-0.1, -0.05) is 23.9 Å². The summed E-state index contributed by atoms with van der Waals surface area (Å²) in [4.78, 5) is 0. The van der Waals surface area contributed by atoms with Crippen molar-refractivity contribution in [2.75, 3.05) is 18.9 Å². The molecule has 114 valence electrons. The largest absolute Gasteiger partial charge is 0.494 e. The van der Waals surface area contributed by atoms with Crippen LogP contribution < -0.4 is 10.1 Å². The lowest BCUT2D eigenvalue weighted by molar-refractivity contribution is 0.340. The van der Waals surface area contributed by atoms with E-state index in [0.717, 1.165) is 36.2 Å². The molecule has 1 aromatic heterocycles. The van der Waals surface area contributed by atoms with Gasteiger partial charge in [0.15, 0.2) is 0 Å². The van der Waals surface area contributed by atoms with Gasteiger partial charge in [-0.05, 0) is 48.0 Å². The fraction of sp³-hybridized carbons (Fsp3) is 0.500. The van der Waals surface area contributed by atoms with Crippen LogP contribution in [0.3, 0.4) is 0 Å². The van der Waals surface area contributed by atoms with Crippen LogP contribution in [0.5, 0.6) is 5.75 Å². The van der Waals surface area contributed by atoms with Crippen LogP contribution in [0.15, 0.2) is 29.4 Å². The van der Waals surface area contributed by atoms with Gasteiger partial charge in [-0.25, -0.2) is 4.68 Å². The first-order chi connectivity index (χ1) is 10.3. The predicted octanol–water partition coefficient (Wildman–Crippen LogP) is 1.88. The Morgan fingerprint density at radius 1 is 1.29 bits per heavy atom. The Morgan fingerprint density at radius 2 is 2.10 bits per heavy atom. The smallest absolute Gasteiger partial charge is 0.209 e. The first-order valence-corrected chi connectivity index (χ1v) is 8.05. The van der Waals surface area contributed by atoms with Crippen LogP contribution in [0, 0.1) is 0 Å². The summed E-state index contributed by atoms with van der Waals surface area (Å²) in [7, 11) is 1.85. The third-order valence-electron chi connectivity index (χ3n) is 2.87. The molecule has 1 heterocycles. The highest BCUT2D eigenvalue weighted by atomic mass is 32.2. The summed E-state index contributed by atoms with van der Waals surface area (Å²) in [5, 5.41) is 15.6. The topological polar surface area (TPSA) is 64.9 Å². The zero-order valence-corrected chi connectivity index (χ0v) is 13.3. The molecule has 2 aromatic rings. The molecule has 0 aliphatic heterocycles. The molecule has 0 saturated carbocycles. The Morgan fingerprint density at radius 3 is 2.76 bits per heavy atom. The fourth-order valence-corrected chi connectivity index (χ4v) is 2.60. The SMILES string of the molecule is CCOc1ccc(CNCCCSc2nnnn2C)cc1. The average molecular weight is 307 g/mol. The molecule has 0 spiro atoms. The Labute approximate surface area is 129 Å². The van der Waals surface area contributed by atoms with Gasteiger partial charge in [-0.15, -0.1) is 5.10 Å². The lowest BCUT2D eigenvalue weighted by Crippen LogP contribution is -2.15. The molecule has 6 nitrogen and oxygen atoms in total. The van der Waals surface area contributed by atoms with E-state index in [9.17, 15) is 0 Å². The minimum atomic E-state index is 0.705. The van der Waals surface area contributed by atoms with E-state index in [1.165, 1.54) is 5.56 Å². The van der Waals surface area contributed by atoms with Crippen LogP contribution in [0.2, 0.25) is 0 Å². The molecule has 2 rings (SSSR count). The Bertz CT molecular complexity index is 528. The summed E-state index contributed by atoms with van der Waals surface area (Å²) in [6.45, 7) is 4.55. The molecular formula is C14H21N5OS. The Balaban J connectivity index is 1.58. The molecule has 0 aliphatic rings. The standard InChI is InChI=1S/C14H21N5OS/c1-3-20-13-7-5-12(6-8-13)11-15-9-4-10-21-14-16-17-18-19(14)2/h5-8,15H,3-4,9-11H2,1-2H3. The maximum atomic E-state index is 5.42. The molecule has 0 radical (unpaired) electrons. The third-order valence-corrected chi connectivity index (χ3v) is 3.97. The number of thioether (sulfide) groups is 1. The van der Waals surface area contributed by atoms with Crippen molar-refractivity contribution >= 4 is 11.8 Å². The number of benzene rings is 1. The number of ether oxygens (including phenoxy) is 1. The molecule has 1 N–H and O–H groups in total. The van der Waals surface area contributed by atoms with Crippen LogP contribution in [-0.4, -0.2) is 39.1 Å². The number of nitrogens with zero attached hydrogens (tertiary/aromatic N) is 4. The number of hydrogen-bond acceptors (Lipinski definition) is 6. The molecule has 7 heteroatoms. The van der Waals surface area contributed by atoms with Gasteiger partial charge in [-0.2, -0.15) is 0 Å². The number of tetrazole rings is 1. The highest BCUT2D eigenvalue weighted by Crippen LogP contribution is 2.13. The van der Waals surface area contributed by atoms with Crippen molar-refractivity contribution in [2.24, 2.45) is 7.05 Å². The highest BCUT2D eigenvalue weighted by Gasteiger charge is 2.01. The average Bonchev–Trinajstić information content (AvgIpc) is 2.90. The van der Waals surface area contributed by atoms with Crippen molar-refractivity contribution < 1.29 is 4.74 Å². The minimum absolute atomic E-state index is 0.705. The summed E-state index contributed by atoms with van der Waals surface area (Å²) < 4.78 is 7.11. The van der Waals surface area contributed by atoms with E-state index in [1.807, 2.05) is 26.1 Å². The third kappa shape index (κ3) is 5.35. The maximum Gasteiger partial charge on any atom is 0.209 e. The molecule has 0 unspecified atom stereocenters. The summed E-state index contributed by atoms with van der Waals surface area (Å²) in [6.07, 6.45) is 1.08. The van der Waals surface area contributed by atoms with Gasteiger partial charge in [-0.3, -0.25) is 0 Å². The first-order valence-electron chi connectivity index (χ1n) is 7.07. The second-order valence-corrected chi connectivity index (χ2v) is 5.60. The molecule has 0 saturated heterocycles. The number of rotatable bonds is 9. The first kappa shape index (κ1) is 15.8. The fourth-order valence-electron chi connectivity index (χ4n) is 1.81. The van der Waals surface area contributed by atoms with Crippen molar-refractivity contribution in [3.8, 4) is 5.75 Å². The summed E-state index contributed by atoms with van der Waals surface area (Å²) in [5.74, 6) is 1.93. The van der Waals surface area contributed by atoms with E-state index in [1.54, 1.807) is 16.4 Å². The molecular weight excluding hydrogens is 286 g/mol. The molecule has 21 heavy (non-hydrogen) atoms. The maximum absolute atomic E-state index is 5.42. The second kappa shape index (κ2) is 8.63. The van der Waals surface area contributed by atoms with Crippen LogP contribution >= 0.6 is 11.8 Å². The summed E-state index contributed by atoms with van der Waals surface area (Å²) in [6, 6.07) is 8.21. The Kier molecular flexibility index (Phi) is 6.49. The van der Waals surface area contributed by atoms with Gasteiger partial charge in [0.05, 0.1) is 6.61 Å². The van der Waals surface area contributed by atoms with E-state index < -0.39 is 0 Å². The van der Waals surface area contributed by atoms with Crippen molar-refractivity contribution in [1.29, 1.82) is 0 Å². The molecule has 1 aromatic carbocycles.